The van der Waals surface area contributed by atoms with Crippen LogP contribution < -0.4 is 5.32 Å². The van der Waals surface area contributed by atoms with Crippen LogP contribution in [0.4, 0.5) is 4.79 Å². The standard InChI is InChI=1S/C27H30N2O5S/c1-2-24-29(23(15-35-24)26(31)32)25(30)16-11-12-17(13-16)28-27(33)34-14-22-20-9-5-3-7-18(20)19-8-4-6-10-21(19)22/h3-10,16-17,22-24H,2,11-15H2,1H3,(H,28,33)(H,31,32)/t16-,17+,23?,24?/m0/s1. The third-order valence-electron chi connectivity index (χ3n) is 7.43. The smallest absolute Gasteiger partial charge is 0.407 e. The lowest BCUT2D eigenvalue weighted by molar-refractivity contribution is -0.150. The highest BCUT2D eigenvalue weighted by Crippen LogP contribution is 2.44. The van der Waals surface area contributed by atoms with Gasteiger partial charge in [0.15, 0.2) is 0 Å². The van der Waals surface area contributed by atoms with Gasteiger partial charge in [0.2, 0.25) is 5.91 Å². The molecule has 1 saturated carbocycles. The van der Waals surface area contributed by atoms with Crippen molar-refractivity contribution < 1.29 is 24.2 Å². The van der Waals surface area contributed by atoms with E-state index in [4.69, 9.17) is 4.74 Å². The van der Waals surface area contributed by atoms with E-state index in [2.05, 4.69) is 29.6 Å². The van der Waals surface area contributed by atoms with E-state index in [0.717, 1.165) is 11.1 Å². The number of ether oxygens (including phenoxy) is 1. The Bertz CT molecular complexity index is 1090. The van der Waals surface area contributed by atoms with Gasteiger partial charge >= 0.3 is 12.1 Å². The van der Waals surface area contributed by atoms with Crippen LogP contribution in [0.2, 0.25) is 0 Å². The molecule has 1 heterocycles. The zero-order valence-corrected chi connectivity index (χ0v) is 20.5. The van der Waals surface area contributed by atoms with Crippen molar-refractivity contribution in [3.63, 3.8) is 0 Å². The van der Waals surface area contributed by atoms with Gasteiger partial charge in [0.1, 0.15) is 12.6 Å². The number of nitrogens with zero attached hydrogens (tertiary/aromatic N) is 1. The predicted octanol–water partition coefficient (Wildman–Crippen LogP) is 4.46. The molecule has 2 amide bonds. The second-order valence-electron chi connectivity index (χ2n) is 9.47. The Hall–Kier alpha value is -3.00. The molecule has 2 unspecified atom stereocenters. The number of aliphatic carboxylic acids is 1. The molecule has 2 aliphatic carbocycles. The SMILES string of the molecule is CCC1SCC(C(=O)O)N1C(=O)[C@H]1CC[C@@H](NC(=O)OCC2c3ccccc3-c3ccccc32)C1. The number of hydrogen-bond acceptors (Lipinski definition) is 5. The van der Waals surface area contributed by atoms with Crippen molar-refractivity contribution in [2.75, 3.05) is 12.4 Å². The second-order valence-corrected chi connectivity index (χ2v) is 10.7. The van der Waals surface area contributed by atoms with E-state index in [1.165, 1.54) is 22.9 Å². The molecule has 184 valence electrons. The Morgan fingerprint density at radius 1 is 1.06 bits per heavy atom. The van der Waals surface area contributed by atoms with Gasteiger partial charge in [-0.3, -0.25) is 4.79 Å². The van der Waals surface area contributed by atoms with Crippen LogP contribution in [-0.2, 0) is 14.3 Å². The molecule has 5 rings (SSSR count). The van der Waals surface area contributed by atoms with Gasteiger partial charge in [-0.1, -0.05) is 55.5 Å². The van der Waals surface area contributed by atoms with Crippen molar-refractivity contribution in [3.05, 3.63) is 59.7 Å². The maximum absolute atomic E-state index is 13.2. The molecule has 0 radical (unpaired) electrons. The number of benzene rings is 2. The molecular formula is C27H30N2O5S. The van der Waals surface area contributed by atoms with Gasteiger partial charge in [0.05, 0.1) is 5.37 Å². The summed E-state index contributed by atoms with van der Waals surface area (Å²) in [6.07, 6.45) is 2.06. The Balaban J connectivity index is 1.17. The molecule has 4 atom stereocenters. The first kappa shape index (κ1) is 23.7. The van der Waals surface area contributed by atoms with Gasteiger partial charge in [0.25, 0.3) is 0 Å². The fourth-order valence-corrected chi connectivity index (χ4v) is 7.07. The maximum atomic E-state index is 13.2. The minimum atomic E-state index is -0.951. The number of carbonyl (C=O) groups is 3. The van der Waals surface area contributed by atoms with Crippen molar-refractivity contribution in [1.29, 1.82) is 0 Å². The molecule has 3 aliphatic rings. The van der Waals surface area contributed by atoms with Gasteiger partial charge in [-0.15, -0.1) is 11.8 Å². The third-order valence-corrected chi connectivity index (χ3v) is 8.88. The van der Waals surface area contributed by atoms with Gasteiger partial charge in [-0.25, -0.2) is 9.59 Å². The zero-order chi connectivity index (χ0) is 24.5. The van der Waals surface area contributed by atoms with E-state index in [-0.39, 0.29) is 35.8 Å². The first-order valence-electron chi connectivity index (χ1n) is 12.3. The largest absolute Gasteiger partial charge is 0.480 e. The Morgan fingerprint density at radius 3 is 2.34 bits per heavy atom. The molecule has 2 aromatic rings. The second kappa shape index (κ2) is 9.93. The highest BCUT2D eigenvalue weighted by atomic mass is 32.2. The summed E-state index contributed by atoms with van der Waals surface area (Å²) in [6, 6.07) is 15.5. The number of fused-ring (bicyclic) bond motifs is 3. The molecule has 7 nitrogen and oxygen atoms in total. The summed E-state index contributed by atoms with van der Waals surface area (Å²) in [7, 11) is 0. The van der Waals surface area contributed by atoms with E-state index < -0.39 is 18.1 Å². The van der Waals surface area contributed by atoms with E-state index in [1.807, 2.05) is 31.2 Å². The molecule has 0 bridgehead atoms. The number of carboxylic acid groups (broad SMARTS) is 1. The monoisotopic (exact) mass is 494 g/mol. The zero-order valence-electron chi connectivity index (χ0n) is 19.7. The van der Waals surface area contributed by atoms with E-state index in [1.54, 1.807) is 4.90 Å². The molecule has 2 aromatic carbocycles. The minimum Gasteiger partial charge on any atom is -0.480 e. The highest BCUT2D eigenvalue weighted by Gasteiger charge is 2.44. The average Bonchev–Trinajstić information content (AvgIpc) is 3.58. The summed E-state index contributed by atoms with van der Waals surface area (Å²) < 4.78 is 5.65. The van der Waals surface area contributed by atoms with E-state index in [9.17, 15) is 19.5 Å². The lowest BCUT2D eigenvalue weighted by Gasteiger charge is -2.29. The molecule has 8 heteroatoms. The van der Waals surface area contributed by atoms with Crippen LogP contribution in [0.5, 0.6) is 0 Å². The van der Waals surface area contributed by atoms with Gasteiger partial charge in [0, 0.05) is 23.6 Å². The summed E-state index contributed by atoms with van der Waals surface area (Å²) in [4.78, 5) is 39.1. The average molecular weight is 495 g/mol. The van der Waals surface area contributed by atoms with Crippen molar-refractivity contribution in [1.82, 2.24) is 10.2 Å². The number of thioether (sulfide) groups is 1. The lowest BCUT2D eigenvalue weighted by Crippen LogP contribution is -2.48. The van der Waals surface area contributed by atoms with E-state index in [0.29, 0.717) is 31.4 Å². The van der Waals surface area contributed by atoms with Gasteiger partial charge in [-0.2, -0.15) is 0 Å². The van der Waals surface area contributed by atoms with Crippen molar-refractivity contribution >= 4 is 29.7 Å². The van der Waals surface area contributed by atoms with Crippen LogP contribution in [-0.4, -0.2) is 57.8 Å². The van der Waals surface area contributed by atoms with Crippen molar-refractivity contribution in [2.45, 2.75) is 56.0 Å². The first-order valence-corrected chi connectivity index (χ1v) is 13.3. The van der Waals surface area contributed by atoms with Crippen LogP contribution in [0.1, 0.15) is 49.7 Å². The fourth-order valence-electron chi connectivity index (χ4n) is 5.72. The summed E-state index contributed by atoms with van der Waals surface area (Å²) in [5.74, 6) is -0.909. The normalized spacial score (nSPS) is 25.2. The number of hydrogen-bond donors (Lipinski definition) is 2. The maximum Gasteiger partial charge on any atom is 0.407 e. The van der Waals surface area contributed by atoms with Crippen LogP contribution in [0.15, 0.2) is 48.5 Å². The molecule has 2 fully saturated rings. The summed E-state index contributed by atoms with van der Waals surface area (Å²) in [5, 5.41) is 12.4. The molecule has 0 spiro atoms. The summed E-state index contributed by atoms with van der Waals surface area (Å²) >= 11 is 1.53. The minimum absolute atomic E-state index is 0.00218. The van der Waals surface area contributed by atoms with Crippen LogP contribution in [0, 0.1) is 5.92 Å². The van der Waals surface area contributed by atoms with Crippen LogP contribution in [0.3, 0.4) is 0 Å². The number of alkyl carbamates (subject to hydrolysis) is 1. The topological polar surface area (TPSA) is 95.9 Å². The molecule has 1 aliphatic heterocycles. The lowest BCUT2D eigenvalue weighted by atomic mass is 9.98. The number of nitrogens with one attached hydrogen (secondary N) is 1. The molecule has 1 saturated heterocycles. The quantitative estimate of drug-likeness (QED) is 0.616. The Labute approximate surface area is 209 Å². The molecule has 2 N–H and O–H groups in total. The van der Waals surface area contributed by atoms with Crippen LogP contribution in [0.25, 0.3) is 11.1 Å². The third kappa shape index (κ3) is 4.51. The van der Waals surface area contributed by atoms with Gasteiger partial charge in [-0.05, 0) is 47.9 Å². The van der Waals surface area contributed by atoms with E-state index >= 15 is 0 Å². The molecular weight excluding hydrogens is 464 g/mol. The summed E-state index contributed by atoms with van der Waals surface area (Å²) in [5.41, 5.74) is 4.68. The number of amides is 2. The highest BCUT2D eigenvalue weighted by molar-refractivity contribution is 8.00. The number of rotatable bonds is 6. The van der Waals surface area contributed by atoms with Gasteiger partial charge < -0.3 is 20.1 Å². The summed E-state index contributed by atoms with van der Waals surface area (Å²) in [6.45, 7) is 2.22. The van der Waals surface area contributed by atoms with Crippen molar-refractivity contribution in [3.8, 4) is 11.1 Å². The first-order chi connectivity index (χ1) is 17.0. The van der Waals surface area contributed by atoms with Crippen molar-refractivity contribution in [2.24, 2.45) is 5.92 Å². The number of carbonyl (C=O) groups excluding carboxylic acids is 2. The molecule has 0 aromatic heterocycles. The fraction of sp³-hybridized carbons (Fsp3) is 0.444. The van der Waals surface area contributed by atoms with Crippen LogP contribution >= 0.6 is 11.8 Å². The molecule has 35 heavy (non-hydrogen) atoms. The Morgan fingerprint density at radius 2 is 1.71 bits per heavy atom. The Kier molecular flexibility index (Phi) is 6.73. The predicted molar refractivity (Wildman–Crippen MR) is 134 cm³/mol. The number of carboxylic acids is 1.